The van der Waals surface area contributed by atoms with Crippen molar-refractivity contribution in [3.63, 3.8) is 0 Å². The summed E-state index contributed by atoms with van der Waals surface area (Å²) in [4.78, 5) is 16.2. The number of carbonyl (C=O) groups is 1. The number of aromatic nitrogens is 1. The van der Waals surface area contributed by atoms with Crippen LogP contribution in [0.15, 0.2) is 11.6 Å². The highest BCUT2D eigenvalue weighted by molar-refractivity contribution is 7.09. The van der Waals surface area contributed by atoms with Crippen molar-refractivity contribution in [2.24, 2.45) is 11.8 Å². The van der Waals surface area contributed by atoms with Crippen LogP contribution in [0.25, 0.3) is 0 Å². The van der Waals surface area contributed by atoms with Crippen molar-refractivity contribution in [1.29, 1.82) is 0 Å². The zero-order valence-corrected chi connectivity index (χ0v) is 16.2. The molecule has 1 aliphatic heterocycles. The van der Waals surface area contributed by atoms with E-state index in [1.165, 1.54) is 17.8 Å². The fourth-order valence-electron chi connectivity index (χ4n) is 2.95. The van der Waals surface area contributed by atoms with Crippen molar-refractivity contribution in [1.82, 2.24) is 15.6 Å². The number of piperidine rings is 1. The molecule has 1 saturated heterocycles. The van der Waals surface area contributed by atoms with Crippen molar-refractivity contribution in [3.8, 4) is 0 Å². The number of hydrogen-bond donors (Lipinski definition) is 2. The van der Waals surface area contributed by atoms with Crippen LogP contribution in [0.4, 0.5) is 0 Å². The third-order valence-electron chi connectivity index (χ3n) is 4.32. The molecule has 0 bridgehead atoms. The Kier molecular flexibility index (Phi) is 12.8. The van der Waals surface area contributed by atoms with Gasteiger partial charge in [0.1, 0.15) is 0 Å². The van der Waals surface area contributed by atoms with E-state index in [0.717, 1.165) is 38.9 Å². The zero-order chi connectivity index (χ0) is 14.9. The molecule has 1 aromatic heterocycles. The molecule has 7 heteroatoms. The molecule has 134 valence electrons. The van der Waals surface area contributed by atoms with E-state index < -0.39 is 0 Å². The minimum atomic E-state index is 0. The Bertz CT molecular complexity index is 411. The predicted octanol–water partition coefficient (Wildman–Crippen LogP) is 3.45. The van der Waals surface area contributed by atoms with Crippen molar-refractivity contribution < 1.29 is 4.79 Å². The summed E-state index contributed by atoms with van der Waals surface area (Å²) in [7, 11) is 0. The van der Waals surface area contributed by atoms with Crippen molar-refractivity contribution in [3.05, 3.63) is 16.6 Å². The van der Waals surface area contributed by atoms with Crippen LogP contribution in [-0.2, 0) is 11.2 Å². The van der Waals surface area contributed by atoms with Crippen LogP contribution in [0, 0.1) is 11.8 Å². The first-order chi connectivity index (χ1) is 10.3. The molecule has 0 aromatic carbocycles. The lowest BCUT2D eigenvalue weighted by Gasteiger charge is -2.27. The Balaban J connectivity index is 0.00000242. The molecule has 2 rings (SSSR count). The number of nitrogens with zero attached hydrogens (tertiary/aromatic N) is 1. The average molecular weight is 382 g/mol. The summed E-state index contributed by atoms with van der Waals surface area (Å²) in [5.74, 6) is 1.43. The van der Waals surface area contributed by atoms with Gasteiger partial charge in [0.2, 0.25) is 5.91 Å². The van der Waals surface area contributed by atoms with Gasteiger partial charge in [0.25, 0.3) is 0 Å². The van der Waals surface area contributed by atoms with Crippen LogP contribution in [0.5, 0.6) is 0 Å². The molecule has 2 N–H and O–H groups in total. The normalized spacial score (nSPS) is 16.0. The molecule has 4 nitrogen and oxygen atoms in total. The molecule has 1 amide bonds. The first kappa shape index (κ1) is 22.6. The Hall–Kier alpha value is -0.360. The van der Waals surface area contributed by atoms with E-state index in [1.807, 2.05) is 11.6 Å². The minimum absolute atomic E-state index is 0. The lowest BCUT2D eigenvalue weighted by molar-refractivity contribution is -0.122. The number of unbranched alkanes of at least 4 members (excludes halogenated alkanes) is 1. The standard InChI is InChI=1S/C16H27N3OS.2ClH/c1-13(14-5-8-17-9-6-14)12-15(20)18-7-3-2-4-16-19-10-11-21-16;;/h10-11,13-14,17H,2-9,12H2,1H3,(H,18,20);2*1H. The summed E-state index contributed by atoms with van der Waals surface area (Å²) in [5.41, 5.74) is 0. The van der Waals surface area contributed by atoms with Gasteiger partial charge in [0, 0.05) is 24.5 Å². The molecule has 1 aliphatic rings. The van der Waals surface area contributed by atoms with E-state index >= 15 is 0 Å². The highest BCUT2D eigenvalue weighted by Gasteiger charge is 2.21. The molecule has 0 aliphatic carbocycles. The van der Waals surface area contributed by atoms with Gasteiger partial charge in [-0.15, -0.1) is 36.2 Å². The first-order valence-electron chi connectivity index (χ1n) is 8.11. The monoisotopic (exact) mass is 381 g/mol. The summed E-state index contributed by atoms with van der Waals surface area (Å²) >= 11 is 1.71. The van der Waals surface area contributed by atoms with Crippen molar-refractivity contribution in [2.45, 2.75) is 45.4 Å². The summed E-state index contributed by atoms with van der Waals surface area (Å²) in [6, 6.07) is 0. The third kappa shape index (κ3) is 8.89. The molecule has 0 spiro atoms. The van der Waals surface area contributed by atoms with Crippen molar-refractivity contribution >= 4 is 42.1 Å². The molecule has 1 fully saturated rings. The maximum Gasteiger partial charge on any atom is 0.220 e. The third-order valence-corrected chi connectivity index (χ3v) is 5.16. The second-order valence-electron chi connectivity index (χ2n) is 6.00. The second kappa shape index (κ2) is 13.0. The van der Waals surface area contributed by atoms with Gasteiger partial charge in [-0.25, -0.2) is 4.98 Å². The first-order valence-corrected chi connectivity index (χ1v) is 8.99. The Morgan fingerprint density at radius 3 is 2.78 bits per heavy atom. The molecule has 2 heterocycles. The number of amides is 1. The SMILES string of the molecule is CC(CC(=O)NCCCCc1nccs1)C1CCNCC1.Cl.Cl. The lowest BCUT2D eigenvalue weighted by Crippen LogP contribution is -2.33. The van der Waals surface area contributed by atoms with E-state index in [4.69, 9.17) is 0 Å². The second-order valence-corrected chi connectivity index (χ2v) is 6.98. The maximum atomic E-state index is 12.0. The van der Waals surface area contributed by atoms with Gasteiger partial charge in [-0.3, -0.25) is 4.79 Å². The van der Waals surface area contributed by atoms with Crippen LogP contribution in [0.2, 0.25) is 0 Å². The largest absolute Gasteiger partial charge is 0.356 e. The average Bonchev–Trinajstić information content (AvgIpc) is 3.01. The number of hydrogen-bond acceptors (Lipinski definition) is 4. The minimum Gasteiger partial charge on any atom is -0.356 e. The number of carbonyl (C=O) groups excluding carboxylic acids is 1. The summed E-state index contributed by atoms with van der Waals surface area (Å²) in [5, 5.41) is 9.65. The van der Waals surface area contributed by atoms with Gasteiger partial charge in [0.15, 0.2) is 0 Å². The van der Waals surface area contributed by atoms with Crippen LogP contribution >= 0.6 is 36.2 Å². The quantitative estimate of drug-likeness (QED) is 0.677. The van der Waals surface area contributed by atoms with E-state index in [-0.39, 0.29) is 30.7 Å². The number of nitrogens with one attached hydrogen (secondary N) is 2. The van der Waals surface area contributed by atoms with E-state index in [0.29, 0.717) is 18.3 Å². The molecule has 0 saturated carbocycles. The van der Waals surface area contributed by atoms with Gasteiger partial charge in [-0.1, -0.05) is 6.92 Å². The fourth-order valence-corrected chi connectivity index (χ4v) is 3.61. The zero-order valence-electron chi connectivity index (χ0n) is 13.8. The van der Waals surface area contributed by atoms with Gasteiger partial charge in [0.05, 0.1) is 5.01 Å². The summed E-state index contributed by atoms with van der Waals surface area (Å²) in [6.07, 6.45) is 8.11. The van der Waals surface area contributed by atoms with Crippen molar-refractivity contribution in [2.75, 3.05) is 19.6 Å². The molecule has 0 radical (unpaired) electrons. The van der Waals surface area contributed by atoms with E-state index in [1.54, 1.807) is 11.3 Å². The van der Waals surface area contributed by atoms with E-state index in [2.05, 4.69) is 22.5 Å². The molecular formula is C16H29Cl2N3OS. The van der Waals surface area contributed by atoms with Crippen LogP contribution < -0.4 is 10.6 Å². The van der Waals surface area contributed by atoms with Gasteiger partial charge in [-0.2, -0.15) is 0 Å². The fraction of sp³-hybridized carbons (Fsp3) is 0.750. The number of aryl methyl sites for hydroxylation is 1. The van der Waals surface area contributed by atoms with Gasteiger partial charge < -0.3 is 10.6 Å². The smallest absolute Gasteiger partial charge is 0.220 e. The van der Waals surface area contributed by atoms with Crippen LogP contribution in [0.3, 0.4) is 0 Å². The number of thiazole rings is 1. The Morgan fingerprint density at radius 1 is 1.39 bits per heavy atom. The molecule has 23 heavy (non-hydrogen) atoms. The Labute approximate surface area is 156 Å². The summed E-state index contributed by atoms with van der Waals surface area (Å²) in [6.45, 7) is 5.22. The van der Waals surface area contributed by atoms with Gasteiger partial charge >= 0.3 is 0 Å². The predicted molar refractivity (Wildman–Crippen MR) is 102 cm³/mol. The highest BCUT2D eigenvalue weighted by Crippen LogP contribution is 2.24. The molecule has 1 aromatic rings. The molecule has 1 atom stereocenters. The Morgan fingerprint density at radius 2 is 2.13 bits per heavy atom. The highest BCUT2D eigenvalue weighted by atomic mass is 35.5. The lowest BCUT2D eigenvalue weighted by atomic mass is 9.84. The van der Waals surface area contributed by atoms with Crippen LogP contribution in [0.1, 0.15) is 44.0 Å². The maximum absolute atomic E-state index is 12.0. The van der Waals surface area contributed by atoms with Gasteiger partial charge in [-0.05, 0) is 57.0 Å². The molecule has 1 unspecified atom stereocenters. The van der Waals surface area contributed by atoms with E-state index in [9.17, 15) is 4.79 Å². The summed E-state index contributed by atoms with van der Waals surface area (Å²) < 4.78 is 0. The number of halogens is 2. The number of rotatable bonds is 8. The van der Waals surface area contributed by atoms with Crippen LogP contribution in [-0.4, -0.2) is 30.5 Å². The molecular weight excluding hydrogens is 353 g/mol. The topological polar surface area (TPSA) is 54.0 Å².